The molecule has 1 saturated heterocycles. The van der Waals surface area contributed by atoms with Gasteiger partial charge in [0.2, 0.25) is 0 Å². The van der Waals surface area contributed by atoms with Gasteiger partial charge in [-0.3, -0.25) is 9.59 Å². The van der Waals surface area contributed by atoms with Crippen molar-refractivity contribution in [2.75, 3.05) is 13.2 Å². The van der Waals surface area contributed by atoms with E-state index in [0.717, 1.165) is 0 Å². The van der Waals surface area contributed by atoms with Crippen LogP contribution in [0, 0.1) is 0 Å². The van der Waals surface area contributed by atoms with Gasteiger partial charge in [0.25, 0.3) is 0 Å². The fourth-order valence-corrected chi connectivity index (χ4v) is 4.85. The van der Waals surface area contributed by atoms with Gasteiger partial charge >= 0.3 is 17.6 Å². The molecule has 0 spiro atoms. The number of rotatable bonds is 13. The summed E-state index contributed by atoms with van der Waals surface area (Å²) in [6.07, 6.45) is -8.80. The van der Waals surface area contributed by atoms with Gasteiger partial charge in [0.15, 0.2) is 12.4 Å². The van der Waals surface area contributed by atoms with Crippen LogP contribution in [0.5, 0.6) is 5.75 Å². The van der Waals surface area contributed by atoms with Crippen LogP contribution < -0.4 is 10.4 Å². The van der Waals surface area contributed by atoms with Crippen molar-refractivity contribution >= 4 is 33.9 Å². The smallest absolute Gasteiger partial charge is 0.336 e. The van der Waals surface area contributed by atoms with E-state index >= 15 is 0 Å². The second-order valence-electron chi connectivity index (χ2n) is 12.4. The first-order valence-corrected chi connectivity index (χ1v) is 14.7. The van der Waals surface area contributed by atoms with E-state index in [1.807, 2.05) is 0 Å². The molecule has 7 unspecified atom stereocenters. The Labute approximate surface area is 263 Å². The SMILES string of the molecule is CC(C)OC1OC(COC(=O)CC(C)(O)CC(=O)OC(COc2c3ccoc3cc3oc(=O)ccc23)C(C)(C)O)C(O)C(O)C1O. The quantitative estimate of drug-likeness (QED) is 0.128. The topological polar surface area (TPSA) is 225 Å². The van der Waals surface area contributed by atoms with Crippen LogP contribution in [0.2, 0.25) is 0 Å². The van der Waals surface area contributed by atoms with Crippen LogP contribution in [0.25, 0.3) is 21.9 Å². The van der Waals surface area contributed by atoms with E-state index in [2.05, 4.69) is 0 Å². The maximum Gasteiger partial charge on any atom is 0.336 e. The van der Waals surface area contributed by atoms with E-state index in [1.54, 1.807) is 19.9 Å². The molecule has 15 nitrogen and oxygen atoms in total. The number of aliphatic hydroxyl groups is 5. The number of furan rings is 1. The Morgan fingerprint density at radius 2 is 1.61 bits per heavy atom. The lowest BCUT2D eigenvalue weighted by atomic mass is 9.97. The van der Waals surface area contributed by atoms with Crippen LogP contribution in [0.1, 0.15) is 47.5 Å². The zero-order chi connectivity index (χ0) is 34.0. The third-order valence-electron chi connectivity index (χ3n) is 7.28. The van der Waals surface area contributed by atoms with E-state index < -0.39 is 85.0 Å². The van der Waals surface area contributed by atoms with Crippen molar-refractivity contribution in [1.82, 2.24) is 0 Å². The van der Waals surface area contributed by atoms with Gasteiger partial charge in [-0.05, 0) is 46.8 Å². The number of benzene rings is 1. The highest BCUT2D eigenvalue weighted by Crippen LogP contribution is 2.35. The second kappa shape index (κ2) is 14.0. The van der Waals surface area contributed by atoms with Crippen molar-refractivity contribution in [3.8, 4) is 5.75 Å². The van der Waals surface area contributed by atoms with E-state index in [0.29, 0.717) is 16.4 Å². The lowest BCUT2D eigenvalue weighted by molar-refractivity contribution is -0.309. The summed E-state index contributed by atoms with van der Waals surface area (Å²) < 4.78 is 38.1. The molecule has 0 bridgehead atoms. The summed E-state index contributed by atoms with van der Waals surface area (Å²) in [4.78, 5) is 37.2. The Morgan fingerprint density at radius 1 is 0.935 bits per heavy atom. The lowest BCUT2D eigenvalue weighted by Gasteiger charge is -2.40. The molecule has 4 rings (SSSR count). The number of hydrogen-bond acceptors (Lipinski definition) is 15. The Hall–Kier alpha value is -3.57. The number of aliphatic hydroxyl groups excluding tert-OH is 3. The van der Waals surface area contributed by atoms with Crippen molar-refractivity contribution in [2.24, 2.45) is 0 Å². The second-order valence-corrected chi connectivity index (χ2v) is 12.4. The molecule has 1 fully saturated rings. The highest BCUT2D eigenvalue weighted by Gasteiger charge is 2.45. The van der Waals surface area contributed by atoms with Gasteiger partial charge in [0.05, 0.1) is 47.2 Å². The first-order chi connectivity index (χ1) is 21.4. The molecule has 7 atom stereocenters. The number of carbonyl (C=O) groups excluding carboxylic acids is 2. The minimum Gasteiger partial charge on any atom is -0.488 e. The standard InChI is InChI=1S/C31H40O15/c1-15(2)43-29-27(37)26(36)25(35)20(45-29)13-41-23(33)11-31(5,39)12-24(34)46-21(30(3,4)38)14-42-28-16-6-7-22(32)44-19(16)10-18-17(28)8-9-40-18/h6-10,15,20-21,25-27,29,35-39H,11-14H2,1-5H3. The molecule has 2 aromatic heterocycles. The van der Waals surface area contributed by atoms with Gasteiger partial charge in [-0.25, -0.2) is 4.79 Å². The normalized spacial score (nSPS) is 24.1. The average molecular weight is 653 g/mol. The molecule has 0 amide bonds. The summed E-state index contributed by atoms with van der Waals surface area (Å²) >= 11 is 0. The van der Waals surface area contributed by atoms with Crippen LogP contribution in [0.15, 0.2) is 44.2 Å². The Kier molecular flexibility index (Phi) is 10.8. The van der Waals surface area contributed by atoms with Crippen LogP contribution in [0.4, 0.5) is 0 Å². The molecule has 3 heterocycles. The summed E-state index contributed by atoms with van der Waals surface area (Å²) in [5.41, 5.74) is -3.55. The van der Waals surface area contributed by atoms with Crippen LogP contribution in [-0.4, -0.2) is 105 Å². The molecule has 15 heteroatoms. The summed E-state index contributed by atoms with van der Waals surface area (Å²) in [5.74, 6) is -1.64. The summed E-state index contributed by atoms with van der Waals surface area (Å²) in [7, 11) is 0. The fourth-order valence-electron chi connectivity index (χ4n) is 4.85. The zero-order valence-electron chi connectivity index (χ0n) is 26.1. The predicted molar refractivity (Wildman–Crippen MR) is 158 cm³/mol. The molecule has 46 heavy (non-hydrogen) atoms. The van der Waals surface area contributed by atoms with Crippen molar-refractivity contribution in [1.29, 1.82) is 0 Å². The minimum absolute atomic E-state index is 0.201. The summed E-state index contributed by atoms with van der Waals surface area (Å²) in [6.45, 7) is 6.48. The predicted octanol–water partition coefficient (Wildman–Crippen LogP) is 0.908. The first kappa shape index (κ1) is 35.3. The van der Waals surface area contributed by atoms with Gasteiger partial charge in [0.1, 0.15) is 54.5 Å². The van der Waals surface area contributed by atoms with Crippen LogP contribution >= 0.6 is 0 Å². The van der Waals surface area contributed by atoms with Crippen molar-refractivity contribution in [3.63, 3.8) is 0 Å². The molecule has 0 saturated carbocycles. The minimum atomic E-state index is -1.94. The van der Waals surface area contributed by atoms with Crippen molar-refractivity contribution in [2.45, 2.75) is 102 Å². The largest absolute Gasteiger partial charge is 0.488 e. The van der Waals surface area contributed by atoms with Gasteiger partial charge in [0, 0.05) is 12.1 Å². The first-order valence-electron chi connectivity index (χ1n) is 14.7. The number of esters is 2. The molecule has 5 N–H and O–H groups in total. The van der Waals surface area contributed by atoms with Gasteiger partial charge in [-0.15, -0.1) is 0 Å². The third kappa shape index (κ3) is 8.61. The molecule has 254 valence electrons. The third-order valence-corrected chi connectivity index (χ3v) is 7.28. The lowest BCUT2D eigenvalue weighted by Crippen LogP contribution is -2.59. The van der Waals surface area contributed by atoms with Gasteiger partial charge < -0.3 is 58.1 Å². The molecule has 0 radical (unpaired) electrons. The molecule has 1 aromatic carbocycles. The molecule has 1 aliphatic rings. The Morgan fingerprint density at radius 3 is 2.28 bits per heavy atom. The van der Waals surface area contributed by atoms with E-state index in [4.69, 9.17) is 32.5 Å². The molecular formula is C31H40O15. The maximum atomic E-state index is 12.9. The van der Waals surface area contributed by atoms with Crippen LogP contribution in [0.3, 0.4) is 0 Å². The number of fused-ring (bicyclic) bond motifs is 2. The summed E-state index contributed by atoms with van der Waals surface area (Å²) in [6, 6.07) is 5.91. The number of ether oxygens (including phenoxy) is 5. The monoisotopic (exact) mass is 652 g/mol. The number of hydrogen-bond donors (Lipinski definition) is 5. The Bertz CT molecular complexity index is 1570. The maximum absolute atomic E-state index is 12.9. The van der Waals surface area contributed by atoms with E-state index in [1.165, 1.54) is 45.2 Å². The average Bonchev–Trinajstić information content (AvgIpc) is 3.41. The number of carbonyl (C=O) groups is 2. The fraction of sp³-hybridized carbons (Fsp3) is 0.581. The van der Waals surface area contributed by atoms with E-state index in [9.17, 15) is 39.9 Å². The molecule has 0 aliphatic carbocycles. The molecule has 3 aromatic rings. The summed E-state index contributed by atoms with van der Waals surface area (Å²) in [5, 5.41) is 53.0. The molecule has 1 aliphatic heterocycles. The highest BCUT2D eigenvalue weighted by molar-refractivity contribution is 6.01. The van der Waals surface area contributed by atoms with Crippen molar-refractivity contribution < 1.29 is 67.6 Å². The highest BCUT2D eigenvalue weighted by atomic mass is 16.7. The van der Waals surface area contributed by atoms with Crippen LogP contribution in [-0.2, 0) is 28.5 Å². The van der Waals surface area contributed by atoms with Gasteiger partial charge in [-0.1, -0.05) is 0 Å². The Balaban J connectivity index is 1.35. The van der Waals surface area contributed by atoms with E-state index in [-0.39, 0.29) is 24.0 Å². The van der Waals surface area contributed by atoms with Crippen molar-refractivity contribution in [3.05, 3.63) is 40.9 Å². The molecular weight excluding hydrogens is 612 g/mol. The van der Waals surface area contributed by atoms with Gasteiger partial charge in [-0.2, -0.15) is 0 Å². The zero-order valence-corrected chi connectivity index (χ0v) is 26.1.